The zero-order valence-corrected chi connectivity index (χ0v) is 15.4. The third-order valence-corrected chi connectivity index (χ3v) is 4.96. The molecule has 1 fully saturated rings. The van der Waals surface area contributed by atoms with E-state index in [1.807, 2.05) is 19.2 Å². The van der Waals surface area contributed by atoms with E-state index in [1.165, 1.54) is 18.4 Å². The lowest BCUT2D eigenvalue weighted by Gasteiger charge is -2.25. The first kappa shape index (κ1) is 18.7. The predicted molar refractivity (Wildman–Crippen MR) is 96.0 cm³/mol. The second-order valence-electron chi connectivity index (χ2n) is 6.43. The smallest absolute Gasteiger partial charge is 0.237 e. The van der Waals surface area contributed by atoms with Crippen LogP contribution in [0.2, 0.25) is 0 Å². The van der Waals surface area contributed by atoms with Crippen LogP contribution in [0.4, 0.5) is 0 Å². The summed E-state index contributed by atoms with van der Waals surface area (Å²) < 4.78 is 11.0. The van der Waals surface area contributed by atoms with Gasteiger partial charge in [-0.25, -0.2) is 0 Å². The molecule has 0 aliphatic heterocycles. The standard InChI is InChI=1S/C18H25N3O2.ClH/c1-13(19-2)12-16-20-17(23-21-16)18(10-4-5-11-18)14-6-8-15(22-3)9-7-14;/h6-9,13,19H,4-5,10-12H2,1-3H3;1H. The lowest BCUT2D eigenvalue weighted by molar-refractivity contribution is 0.308. The fraction of sp³-hybridized carbons (Fsp3) is 0.556. The summed E-state index contributed by atoms with van der Waals surface area (Å²) in [4.78, 5) is 4.72. The number of likely N-dealkylation sites (N-methyl/N-ethyl adjacent to an activating group) is 1. The molecule has 2 aromatic rings. The van der Waals surface area contributed by atoms with Crippen molar-refractivity contribution in [3.63, 3.8) is 0 Å². The van der Waals surface area contributed by atoms with E-state index >= 15 is 0 Å². The van der Waals surface area contributed by atoms with Crippen LogP contribution in [-0.2, 0) is 11.8 Å². The van der Waals surface area contributed by atoms with Crippen molar-refractivity contribution in [3.8, 4) is 5.75 Å². The lowest BCUT2D eigenvalue weighted by atomic mass is 9.78. The van der Waals surface area contributed by atoms with Crippen LogP contribution < -0.4 is 10.1 Å². The summed E-state index contributed by atoms with van der Waals surface area (Å²) in [5, 5.41) is 7.41. The van der Waals surface area contributed by atoms with Crippen LogP contribution in [0.5, 0.6) is 5.75 Å². The summed E-state index contributed by atoms with van der Waals surface area (Å²) in [6.07, 6.45) is 5.27. The molecule has 1 aliphatic rings. The molecule has 1 N–H and O–H groups in total. The fourth-order valence-corrected chi connectivity index (χ4v) is 3.42. The lowest BCUT2D eigenvalue weighted by Crippen LogP contribution is -2.25. The Morgan fingerprint density at radius 3 is 2.50 bits per heavy atom. The average Bonchev–Trinajstić information content (AvgIpc) is 3.25. The van der Waals surface area contributed by atoms with Crippen LogP contribution in [0, 0.1) is 0 Å². The summed E-state index contributed by atoms with van der Waals surface area (Å²) >= 11 is 0. The number of nitrogens with zero attached hydrogens (tertiary/aromatic N) is 2. The topological polar surface area (TPSA) is 60.2 Å². The summed E-state index contributed by atoms with van der Waals surface area (Å²) in [5.74, 6) is 2.41. The van der Waals surface area contributed by atoms with Gasteiger partial charge in [0.05, 0.1) is 12.5 Å². The fourth-order valence-electron chi connectivity index (χ4n) is 3.42. The van der Waals surface area contributed by atoms with Gasteiger partial charge in [-0.2, -0.15) is 4.98 Å². The quantitative estimate of drug-likeness (QED) is 0.863. The number of rotatable bonds is 6. The van der Waals surface area contributed by atoms with Gasteiger partial charge in [0.1, 0.15) is 5.75 Å². The number of hydrogen-bond donors (Lipinski definition) is 1. The summed E-state index contributed by atoms with van der Waals surface area (Å²) in [7, 11) is 3.63. The van der Waals surface area contributed by atoms with E-state index in [2.05, 4.69) is 29.5 Å². The van der Waals surface area contributed by atoms with Gasteiger partial charge in [0.2, 0.25) is 5.89 Å². The molecule has 1 unspecified atom stereocenters. The zero-order chi connectivity index (χ0) is 16.3. The number of ether oxygens (including phenoxy) is 1. The Bertz CT molecular complexity index is 636. The van der Waals surface area contributed by atoms with Gasteiger partial charge in [0.25, 0.3) is 0 Å². The molecule has 1 aromatic carbocycles. The van der Waals surface area contributed by atoms with Crippen LogP contribution in [0.15, 0.2) is 28.8 Å². The summed E-state index contributed by atoms with van der Waals surface area (Å²) in [6, 6.07) is 8.61. The summed E-state index contributed by atoms with van der Waals surface area (Å²) in [6.45, 7) is 2.12. The van der Waals surface area contributed by atoms with Crippen molar-refractivity contribution < 1.29 is 9.26 Å². The van der Waals surface area contributed by atoms with E-state index in [-0.39, 0.29) is 17.8 Å². The van der Waals surface area contributed by atoms with Gasteiger partial charge in [0.15, 0.2) is 5.82 Å². The maximum atomic E-state index is 5.69. The van der Waals surface area contributed by atoms with Gasteiger partial charge in [-0.15, -0.1) is 12.4 Å². The Hall–Kier alpha value is -1.59. The first-order valence-electron chi connectivity index (χ1n) is 8.33. The molecule has 0 radical (unpaired) electrons. The Morgan fingerprint density at radius 1 is 1.25 bits per heavy atom. The number of benzene rings is 1. The molecule has 0 spiro atoms. The molecule has 24 heavy (non-hydrogen) atoms. The van der Waals surface area contributed by atoms with Crippen LogP contribution >= 0.6 is 12.4 Å². The predicted octanol–water partition coefficient (Wildman–Crippen LogP) is 3.51. The molecule has 0 amide bonds. The first-order valence-corrected chi connectivity index (χ1v) is 8.33. The van der Waals surface area contributed by atoms with Gasteiger partial charge in [-0.3, -0.25) is 0 Å². The molecule has 5 nitrogen and oxygen atoms in total. The van der Waals surface area contributed by atoms with Crippen molar-refractivity contribution >= 4 is 12.4 Å². The third-order valence-electron chi connectivity index (χ3n) is 4.96. The Balaban J connectivity index is 0.00000208. The highest BCUT2D eigenvalue weighted by atomic mass is 35.5. The number of halogens is 1. The minimum Gasteiger partial charge on any atom is -0.497 e. The molecule has 1 aromatic heterocycles. The van der Waals surface area contributed by atoms with Crippen LogP contribution in [0.1, 0.15) is 49.9 Å². The van der Waals surface area contributed by atoms with Gasteiger partial charge in [-0.05, 0) is 44.5 Å². The molecule has 0 saturated heterocycles. The maximum absolute atomic E-state index is 5.69. The van der Waals surface area contributed by atoms with E-state index in [9.17, 15) is 0 Å². The van der Waals surface area contributed by atoms with E-state index in [0.717, 1.165) is 36.7 Å². The molecular weight excluding hydrogens is 326 g/mol. The van der Waals surface area contributed by atoms with Crippen molar-refractivity contribution in [3.05, 3.63) is 41.5 Å². The normalized spacial score (nSPS) is 17.3. The zero-order valence-electron chi connectivity index (χ0n) is 14.5. The van der Waals surface area contributed by atoms with E-state index < -0.39 is 0 Å². The first-order chi connectivity index (χ1) is 11.2. The second kappa shape index (κ2) is 7.99. The Kier molecular flexibility index (Phi) is 6.24. The molecular formula is C18H26ClN3O2. The van der Waals surface area contributed by atoms with Crippen LogP contribution in [-0.4, -0.2) is 30.3 Å². The number of nitrogens with one attached hydrogen (secondary N) is 1. The van der Waals surface area contributed by atoms with E-state index in [0.29, 0.717) is 6.04 Å². The Morgan fingerprint density at radius 2 is 1.92 bits per heavy atom. The van der Waals surface area contributed by atoms with Crippen molar-refractivity contribution in [2.75, 3.05) is 14.2 Å². The van der Waals surface area contributed by atoms with Crippen LogP contribution in [0.3, 0.4) is 0 Å². The van der Waals surface area contributed by atoms with Gasteiger partial charge in [0, 0.05) is 12.5 Å². The maximum Gasteiger partial charge on any atom is 0.237 e. The minimum absolute atomic E-state index is 0. The molecule has 3 rings (SSSR count). The number of methoxy groups -OCH3 is 1. The minimum atomic E-state index is -0.138. The van der Waals surface area contributed by atoms with Crippen molar-refractivity contribution in [2.24, 2.45) is 0 Å². The van der Waals surface area contributed by atoms with Crippen molar-refractivity contribution in [1.82, 2.24) is 15.5 Å². The van der Waals surface area contributed by atoms with Crippen molar-refractivity contribution in [2.45, 2.75) is 50.5 Å². The highest BCUT2D eigenvalue weighted by Crippen LogP contribution is 2.46. The Labute approximate surface area is 149 Å². The highest BCUT2D eigenvalue weighted by molar-refractivity contribution is 5.85. The third kappa shape index (κ3) is 3.57. The monoisotopic (exact) mass is 351 g/mol. The molecule has 1 heterocycles. The van der Waals surface area contributed by atoms with Gasteiger partial charge < -0.3 is 14.6 Å². The second-order valence-corrected chi connectivity index (χ2v) is 6.43. The molecule has 0 bridgehead atoms. The highest BCUT2D eigenvalue weighted by Gasteiger charge is 2.42. The number of hydrogen-bond acceptors (Lipinski definition) is 5. The number of aromatic nitrogens is 2. The van der Waals surface area contributed by atoms with Crippen LogP contribution in [0.25, 0.3) is 0 Å². The largest absolute Gasteiger partial charge is 0.497 e. The molecule has 132 valence electrons. The summed E-state index contributed by atoms with van der Waals surface area (Å²) in [5.41, 5.74) is 1.10. The van der Waals surface area contributed by atoms with Gasteiger partial charge in [-0.1, -0.05) is 30.1 Å². The SMILES string of the molecule is CNC(C)Cc1noc(C2(c3ccc(OC)cc3)CCCC2)n1.Cl. The molecule has 6 heteroatoms. The average molecular weight is 352 g/mol. The molecule has 1 saturated carbocycles. The molecule has 1 atom stereocenters. The van der Waals surface area contributed by atoms with E-state index in [4.69, 9.17) is 14.2 Å². The van der Waals surface area contributed by atoms with Crippen molar-refractivity contribution in [1.29, 1.82) is 0 Å². The molecule has 1 aliphatic carbocycles. The van der Waals surface area contributed by atoms with E-state index in [1.54, 1.807) is 7.11 Å². The van der Waals surface area contributed by atoms with Gasteiger partial charge >= 0.3 is 0 Å².